The average molecular weight is 399 g/mol. The van der Waals surface area contributed by atoms with Crippen LogP contribution >= 0.6 is 0 Å². The Morgan fingerprint density at radius 2 is 1.86 bits per heavy atom. The Labute approximate surface area is 162 Å². The third kappa shape index (κ3) is 4.92. The molecule has 0 saturated carbocycles. The molecule has 0 atom stereocenters. The topological polar surface area (TPSA) is 88.2 Å². The molecule has 3 aromatic rings. The van der Waals surface area contributed by atoms with Gasteiger partial charge in [0.15, 0.2) is 0 Å². The Kier molecular flexibility index (Phi) is 6.00. The number of para-hydroxylation sites is 1. The summed E-state index contributed by atoms with van der Waals surface area (Å²) in [6.07, 6.45) is 3.99. The zero-order chi connectivity index (χ0) is 20.0. The van der Waals surface area contributed by atoms with Crippen molar-refractivity contribution in [2.45, 2.75) is 11.3 Å². The minimum Gasteiger partial charge on any atom is -0.352 e. The molecule has 0 radical (unpaired) electrons. The number of hydrogen-bond acceptors (Lipinski definition) is 4. The van der Waals surface area contributed by atoms with Crippen LogP contribution in [0.4, 0.5) is 10.1 Å². The van der Waals surface area contributed by atoms with Crippen LogP contribution in [-0.2, 0) is 16.4 Å². The monoisotopic (exact) mass is 399 g/mol. The van der Waals surface area contributed by atoms with Gasteiger partial charge in [-0.05, 0) is 48.4 Å². The third-order valence-corrected chi connectivity index (χ3v) is 5.31. The van der Waals surface area contributed by atoms with Crippen molar-refractivity contribution in [2.75, 3.05) is 11.3 Å². The van der Waals surface area contributed by atoms with E-state index < -0.39 is 21.7 Å². The number of halogens is 1. The molecule has 3 rings (SSSR count). The summed E-state index contributed by atoms with van der Waals surface area (Å²) >= 11 is 0. The molecular weight excluding hydrogens is 381 g/mol. The summed E-state index contributed by atoms with van der Waals surface area (Å²) in [4.78, 5) is 16.2. The highest BCUT2D eigenvalue weighted by Gasteiger charge is 2.18. The molecule has 0 bridgehead atoms. The Balaban J connectivity index is 1.69. The summed E-state index contributed by atoms with van der Waals surface area (Å²) in [7, 11) is -4.03. The zero-order valence-electron chi connectivity index (χ0n) is 14.8. The number of pyridine rings is 1. The second-order valence-corrected chi connectivity index (χ2v) is 7.66. The van der Waals surface area contributed by atoms with Gasteiger partial charge in [-0.25, -0.2) is 12.8 Å². The zero-order valence-corrected chi connectivity index (χ0v) is 15.6. The number of benzene rings is 2. The molecular formula is C20H18FN3O3S. The first-order chi connectivity index (χ1) is 13.5. The Hall–Kier alpha value is -3.26. The van der Waals surface area contributed by atoms with E-state index in [0.717, 1.165) is 11.6 Å². The van der Waals surface area contributed by atoms with Crippen LogP contribution in [0.2, 0.25) is 0 Å². The van der Waals surface area contributed by atoms with Gasteiger partial charge in [0.25, 0.3) is 15.9 Å². The van der Waals surface area contributed by atoms with Crippen molar-refractivity contribution in [1.29, 1.82) is 0 Å². The number of anilines is 1. The van der Waals surface area contributed by atoms with Gasteiger partial charge in [0.1, 0.15) is 5.82 Å². The second-order valence-electron chi connectivity index (χ2n) is 5.98. The first-order valence-electron chi connectivity index (χ1n) is 8.50. The van der Waals surface area contributed by atoms with Crippen molar-refractivity contribution in [3.05, 3.63) is 90.0 Å². The Morgan fingerprint density at radius 1 is 1.04 bits per heavy atom. The van der Waals surface area contributed by atoms with E-state index in [1.807, 2.05) is 12.1 Å². The van der Waals surface area contributed by atoms with Crippen LogP contribution in [0.3, 0.4) is 0 Å². The van der Waals surface area contributed by atoms with Crippen molar-refractivity contribution in [2.24, 2.45) is 0 Å². The van der Waals surface area contributed by atoms with E-state index in [9.17, 15) is 17.6 Å². The first kappa shape index (κ1) is 19.5. The van der Waals surface area contributed by atoms with Crippen LogP contribution in [0.5, 0.6) is 0 Å². The summed E-state index contributed by atoms with van der Waals surface area (Å²) in [5.74, 6) is -1.08. The number of rotatable bonds is 7. The Bertz CT molecular complexity index is 1070. The van der Waals surface area contributed by atoms with E-state index in [0.29, 0.717) is 13.0 Å². The maximum atomic E-state index is 13.7. The molecule has 0 aliphatic heterocycles. The number of carbonyl (C=O) groups is 1. The fourth-order valence-corrected chi connectivity index (χ4v) is 3.63. The van der Waals surface area contributed by atoms with Gasteiger partial charge in [-0.2, -0.15) is 0 Å². The molecule has 1 heterocycles. The van der Waals surface area contributed by atoms with Gasteiger partial charge in [-0.3, -0.25) is 14.5 Å². The van der Waals surface area contributed by atoms with Crippen molar-refractivity contribution < 1.29 is 17.6 Å². The van der Waals surface area contributed by atoms with Crippen LogP contribution in [0.15, 0.2) is 78.0 Å². The summed E-state index contributed by atoms with van der Waals surface area (Å²) in [5, 5.41) is 2.74. The number of hydrogen-bond donors (Lipinski definition) is 2. The lowest BCUT2D eigenvalue weighted by molar-refractivity contribution is 0.0954. The molecule has 6 nitrogen and oxygen atoms in total. The molecule has 0 fully saturated rings. The van der Waals surface area contributed by atoms with Crippen LogP contribution in [-0.4, -0.2) is 25.9 Å². The highest BCUT2D eigenvalue weighted by molar-refractivity contribution is 7.92. The number of nitrogens with zero attached hydrogens (tertiary/aromatic N) is 1. The van der Waals surface area contributed by atoms with Crippen LogP contribution in [0, 0.1) is 5.82 Å². The van der Waals surface area contributed by atoms with Crippen LogP contribution in [0.25, 0.3) is 0 Å². The quantitative estimate of drug-likeness (QED) is 0.639. The fourth-order valence-electron chi connectivity index (χ4n) is 2.52. The van der Waals surface area contributed by atoms with E-state index in [1.54, 1.807) is 12.4 Å². The van der Waals surface area contributed by atoms with Gasteiger partial charge in [-0.15, -0.1) is 0 Å². The maximum absolute atomic E-state index is 13.7. The molecule has 1 amide bonds. The maximum Gasteiger partial charge on any atom is 0.262 e. The third-order valence-electron chi connectivity index (χ3n) is 3.95. The SMILES string of the molecule is O=C(NCCc1cccnc1)c1cccc(S(=O)(=O)Nc2ccccc2F)c1. The molecule has 28 heavy (non-hydrogen) atoms. The van der Waals surface area contributed by atoms with Gasteiger partial charge in [0.2, 0.25) is 0 Å². The number of aromatic nitrogens is 1. The smallest absolute Gasteiger partial charge is 0.262 e. The van der Waals surface area contributed by atoms with E-state index in [2.05, 4.69) is 15.0 Å². The molecule has 0 unspecified atom stereocenters. The largest absolute Gasteiger partial charge is 0.352 e. The molecule has 2 aromatic carbocycles. The van der Waals surface area contributed by atoms with Crippen molar-refractivity contribution >= 4 is 21.6 Å². The molecule has 144 valence electrons. The molecule has 8 heteroatoms. The number of sulfonamides is 1. The molecule has 1 aromatic heterocycles. The molecule has 0 saturated heterocycles. The number of nitrogens with one attached hydrogen (secondary N) is 2. The van der Waals surface area contributed by atoms with Gasteiger partial charge >= 0.3 is 0 Å². The molecule has 0 spiro atoms. The lowest BCUT2D eigenvalue weighted by Gasteiger charge is -2.10. The average Bonchev–Trinajstić information content (AvgIpc) is 2.70. The van der Waals surface area contributed by atoms with Crippen molar-refractivity contribution in [3.8, 4) is 0 Å². The van der Waals surface area contributed by atoms with Crippen LogP contribution < -0.4 is 10.0 Å². The van der Waals surface area contributed by atoms with E-state index in [1.165, 1.54) is 42.5 Å². The summed E-state index contributed by atoms with van der Waals surface area (Å²) < 4.78 is 40.9. The number of carbonyl (C=O) groups excluding carboxylic acids is 1. The normalized spacial score (nSPS) is 11.0. The van der Waals surface area contributed by atoms with Gasteiger partial charge in [0, 0.05) is 24.5 Å². The van der Waals surface area contributed by atoms with E-state index in [-0.39, 0.29) is 16.1 Å². The predicted octanol–water partition coefficient (Wildman–Crippen LogP) is 2.99. The highest BCUT2D eigenvalue weighted by Crippen LogP contribution is 2.19. The lowest BCUT2D eigenvalue weighted by Crippen LogP contribution is -2.26. The lowest BCUT2D eigenvalue weighted by atomic mass is 10.2. The second kappa shape index (κ2) is 8.62. The van der Waals surface area contributed by atoms with E-state index in [4.69, 9.17) is 0 Å². The molecule has 0 aliphatic rings. The number of amides is 1. The van der Waals surface area contributed by atoms with Crippen LogP contribution in [0.1, 0.15) is 15.9 Å². The standard InChI is InChI=1S/C20H18FN3O3S/c21-18-8-1-2-9-19(18)24-28(26,27)17-7-3-6-16(13-17)20(25)23-12-10-15-5-4-11-22-14-15/h1-9,11,13-14,24H,10,12H2,(H,23,25). The highest BCUT2D eigenvalue weighted by atomic mass is 32.2. The molecule has 2 N–H and O–H groups in total. The van der Waals surface area contributed by atoms with Gasteiger partial charge < -0.3 is 5.32 Å². The predicted molar refractivity (Wildman–Crippen MR) is 104 cm³/mol. The fraction of sp³-hybridized carbons (Fsp3) is 0.100. The minimum atomic E-state index is -4.03. The Morgan fingerprint density at radius 3 is 2.61 bits per heavy atom. The first-order valence-corrected chi connectivity index (χ1v) is 9.98. The van der Waals surface area contributed by atoms with Crippen molar-refractivity contribution in [1.82, 2.24) is 10.3 Å². The minimum absolute atomic E-state index is 0.129. The van der Waals surface area contributed by atoms with Gasteiger partial charge in [-0.1, -0.05) is 24.3 Å². The summed E-state index contributed by atoms with van der Waals surface area (Å²) in [5.41, 5.74) is 1.02. The summed E-state index contributed by atoms with van der Waals surface area (Å²) in [6, 6.07) is 14.8. The molecule has 0 aliphatic carbocycles. The van der Waals surface area contributed by atoms with E-state index >= 15 is 0 Å². The summed E-state index contributed by atoms with van der Waals surface area (Å²) in [6.45, 7) is 0.384. The van der Waals surface area contributed by atoms with Gasteiger partial charge in [0.05, 0.1) is 10.6 Å². The van der Waals surface area contributed by atoms with Crippen molar-refractivity contribution in [3.63, 3.8) is 0 Å².